The van der Waals surface area contributed by atoms with Crippen molar-refractivity contribution in [3.05, 3.63) is 97.2 Å². The molecule has 0 aliphatic heterocycles. The number of carbonyl (C=O) groups excluding carboxylic acids is 3. The quantitative estimate of drug-likeness (QED) is 0.0197. The Morgan fingerprint density at radius 3 is 1.12 bits per heavy atom. The van der Waals surface area contributed by atoms with Gasteiger partial charge < -0.3 is 24.2 Å². The first-order chi connectivity index (χ1) is 35.2. The van der Waals surface area contributed by atoms with E-state index in [1.807, 2.05) is 0 Å². The van der Waals surface area contributed by atoms with Gasteiger partial charge in [-0.2, -0.15) is 0 Å². The molecule has 0 fully saturated rings. The summed E-state index contributed by atoms with van der Waals surface area (Å²) >= 11 is 0. The smallest absolute Gasteiger partial charge is 0.462 e. The van der Waals surface area contributed by atoms with E-state index in [4.69, 9.17) is 23.3 Å². The summed E-state index contributed by atoms with van der Waals surface area (Å²) in [4.78, 5) is 48.5. The van der Waals surface area contributed by atoms with Gasteiger partial charge in [0.25, 0.3) is 0 Å². The van der Waals surface area contributed by atoms with Crippen LogP contribution in [0.1, 0.15) is 226 Å². The molecule has 0 saturated heterocycles. The zero-order valence-corrected chi connectivity index (χ0v) is 46.3. The predicted octanol–water partition coefficient (Wildman–Crippen LogP) is 16.5. The van der Waals surface area contributed by atoms with E-state index in [2.05, 4.69) is 118 Å². The van der Waals surface area contributed by atoms with Crippen molar-refractivity contribution in [2.75, 3.05) is 26.4 Å². The van der Waals surface area contributed by atoms with E-state index in [0.29, 0.717) is 19.3 Å². The fourth-order valence-corrected chi connectivity index (χ4v) is 8.02. The van der Waals surface area contributed by atoms with Crippen molar-refractivity contribution in [3.63, 3.8) is 0 Å². The molecule has 0 aromatic rings. The molecule has 11 nitrogen and oxygen atoms in total. The van der Waals surface area contributed by atoms with Gasteiger partial charge in [-0.05, 0) is 116 Å². The maximum absolute atomic E-state index is 12.9. The minimum Gasteiger partial charge on any atom is -0.462 e. The van der Waals surface area contributed by atoms with Gasteiger partial charge in [-0.25, -0.2) is 4.57 Å². The molecule has 0 aliphatic rings. The van der Waals surface area contributed by atoms with E-state index in [0.717, 1.165) is 128 Å². The molecule has 0 amide bonds. The van der Waals surface area contributed by atoms with E-state index < -0.39 is 57.8 Å². The Morgan fingerprint density at radius 2 is 0.722 bits per heavy atom. The second kappa shape index (κ2) is 53.7. The number of unbranched alkanes of at least 4 members (excludes halogenated alkanes) is 18. The molecule has 0 aromatic carbocycles. The summed E-state index contributed by atoms with van der Waals surface area (Å²) in [6.07, 6.45) is 62.2. The van der Waals surface area contributed by atoms with Crippen molar-refractivity contribution in [2.45, 2.75) is 238 Å². The van der Waals surface area contributed by atoms with Crippen LogP contribution < -0.4 is 0 Å². The molecular weight excluding hydrogens is 928 g/mol. The van der Waals surface area contributed by atoms with Gasteiger partial charge in [0.1, 0.15) is 12.7 Å². The highest BCUT2D eigenvalue weighted by molar-refractivity contribution is 7.47. The molecule has 72 heavy (non-hydrogen) atoms. The number of phosphoric acid groups is 1. The average molecular weight is 1030 g/mol. The highest BCUT2D eigenvalue weighted by Gasteiger charge is 2.28. The summed E-state index contributed by atoms with van der Waals surface area (Å²) in [6.45, 7) is 4.32. The van der Waals surface area contributed by atoms with Crippen LogP contribution in [-0.2, 0) is 42.2 Å². The first-order valence-electron chi connectivity index (χ1n) is 28.1. The number of aliphatic hydroxyl groups is 1. The van der Waals surface area contributed by atoms with Gasteiger partial charge in [0, 0.05) is 19.3 Å². The maximum atomic E-state index is 12.9. The van der Waals surface area contributed by atoms with E-state index in [1.165, 1.54) is 38.5 Å². The Morgan fingerprint density at radius 1 is 0.403 bits per heavy atom. The molecule has 2 N–H and O–H groups in total. The summed E-state index contributed by atoms with van der Waals surface area (Å²) in [7, 11) is -4.76. The molecule has 0 bridgehead atoms. The first-order valence-corrected chi connectivity index (χ1v) is 29.6. The van der Waals surface area contributed by atoms with E-state index >= 15 is 0 Å². The molecule has 0 heterocycles. The van der Waals surface area contributed by atoms with Gasteiger partial charge in [0.15, 0.2) is 6.10 Å². The minimum atomic E-state index is -4.76. The maximum Gasteiger partial charge on any atom is 0.472 e. The number of aliphatic hydroxyl groups excluding tert-OH is 1. The molecule has 3 atom stereocenters. The molecule has 412 valence electrons. The second-order valence-corrected chi connectivity index (χ2v) is 19.8. The Hall–Kier alpha value is -3.60. The second-order valence-electron chi connectivity index (χ2n) is 18.3. The van der Waals surface area contributed by atoms with Crippen LogP contribution in [0.2, 0.25) is 0 Å². The number of ether oxygens (including phenoxy) is 3. The van der Waals surface area contributed by atoms with Crippen LogP contribution in [0.3, 0.4) is 0 Å². The molecule has 0 aromatic heterocycles. The molecule has 0 spiro atoms. The highest BCUT2D eigenvalue weighted by atomic mass is 31.2. The van der Waals surface area contributed by atoms with Gasteiger partial charge in [-0.3, -0.25) is 23.4 Å². The third kappa shape index (κ3) is 51.3. The highest BCUT2D eigenvalue weighted by Crippen LogP contribution is 2.43. The van der Waals surface area contributed by atoms with Crippen LogP contribution in [0.25, 0.3) is 0 Å². The molecule has 0 radical (unpaired) electrons. The zero-order valence-electron chi connectivity index (χ0n) is 45.4. The van der Waals surface area contributed by atoms with E-state index in [-0.39, 0.29) is 25.9 Å². The van der Waals surface area contributed by atoms with Gasteiger partial charge >= 0.3 is 25.7 Å². The van der Waals surface area contributed by atoms with E-state index in [1.54, 1.807) is 0 Å². The van der Waals surface area contributed by atoms with Crippen molar-refractivity contribution >= 4 is 25.7 Å². The Bertz CT molecular complexity index is 1580. The van der Waals surface area contributed by atoms with Crippen molar-refractivity contribution in [1.29, 1.82) is 0 Å². The number of carbonyl (C=O) groups is 3. The van der Waals surface area contributed by atoms with Crippen LogP contribution in [0.15, 0.2) is 97.2 Å². The van der Waals surface area contributed by atoms with Crippen LogP contribution in [0.5, 0.6) is 0 Å². The molecule has 0 aliphatic carbocycles. The third-order valence-electron chi connectivity index (χ3n) is 11.5. The number of phosphoric ester groups is 1. The molecule has 3 unspecified atom stereocenters. The van der Waals surface area contributed by atoms with Crippen LogP contribution >= 0.6 is 7.82 Å². The third-order valence-corrected chi connectivity index (χ3v) is 12.4. The summed E-state index contributed by atoms with van der Waals surface area (Å²) in [5.41, 5.74) is 0. The lowest BCUT2D eigenvalue weighted by Crippen LogP contribution is -2.30. The topological polar surface area (TPSA) is 155 Å². The Balaban J connectivity index is 4.80. The van der Waals surface area contributed by atoms with Gasteiger partial charge in [0.05, 0.1) is 19.8 Å². The van der Waals surface area contributed by atoms with Gasteiger partial charge in [-0.1, -0.05) is 189 Å². The van der Waals surface area contributed by atoms with Crippen molar-refractivity contribution in [1.82, 2.24) is 0 Å². The Kier molecular flexibility index (Phi) is 51.0. The van der Waals surface area contributed by atoms with Gasteiger partial charge in [-0.15, -0.1) is 0 Å². The fourth-order valence-electron chi connectivity index (χ4n) is 7.24. The normalized spacial score (nSPS) is 14.1. The zero-order chi connectivity index (χ0) is 52.7. The Labute approximate surface area is 438 Å². The van der Waals surface area contributed by atoms with Crippen molar-refractivity contribution in [2.24, 2.45) is 0 Å². The SMILES string of the molecule is CC/C=C\C/C=C\C/C=C\CCCCCCCC(=O)OC(COC(=O)CCCCCCCCC/C=C\C/C=C\CCCCC)COP(=O)(O)OCC(CO)OC(=O)CCCCC/C=C\C/C=C\C/C=C\CC. The summed E-state index contributed by atoms with van der Waals surface area (Å²) in [6, 6.07) is 0. The summed E-state index contributed by atoms with van der Waals surface area (Å²) < 4.78 is 39.4. The van der Waals surface area contributed by atoms with Crippen LogP contribution in [0, 0.1) is 0 Å². The largest absolute Gasteiger partial charge is 0.472 e. The molecule has 12 heteroatoms. The fraction of sp³-hybridized carbons (Fsp3) is 0.683. The standard InChI is InChI=1S/C60H101O11P/c1-4-7-10-13-16-19-22-25-27-28-30-32-34-37-40-43-46-49-58(62)67-53-57(71-60(64)51-48-45-42-39-36-33-29-26-23-20-17-14-11-8-5-2)55-69-72(65,66)68-54-56(52-61)70-59(63)50-47-44-41-38-35-31-24-21-18-15-12-9-6-3/h8-9,11-12,16-21,25-27,29,31,35,56-57,61H,4-7,10,13-15,22-24,28,30,32-34,36-55H2,1-3H3,(H,65,66)/b11-8-,12-9-,19-16-,20-17-,21-18-,27-25-,29-26-,35-31-. The number of hydrogen-bond acceptors (Lipinski definition) is 10. The van der Waals surface area contributed by atoms with Crippen molar-refractivity contribution < 1.29 is 52.2 Å². The lowest BCUT2D eigenvalue weighted by Gasteiger charge is -2.21. The lowest BCUT2D eigenvalue weighted by atomic mass is 10.1. The number of allylic oxidation sites excluding steroid dienone is 16. The lowest BCUT2D eigenvalue weighted by molar-refractivity contribution is -0.161. The molecule has 0 saturated carbocycles. The summed E-state index contributed by atoms with van der Waals surface area (Å²) in [5, 5.41) is 9.79. The number of rotatable bonds is 51. The minimum absolute atomic E-state index is 0.136. The van der Waals surface area contributed by atoms with Gasteiger partial charge in [0.2, 0.25) is 0 Å². The predicted molar refractivity (Wildman–Crippen MR) is 297 cm³/mol. The summed E-state index contributed by atoms with van der Waals surface area (Å²) in [5.74, 6) is -1.53. The monoisotopic (exact) mass is 1030 g/mol. The van der Waals surface area contributed by atoms with Crippen LogP contribution in [-0.4, -0.2) is 66.5 Å². The molecular formula is C60H101O11P. The number of esters is 3. The average Bonchev–Trinajstić information content (AvgIpc) is 3.37. The number of hydrogen-bond donors (Lipinski definition) is 2. The van der Waals surface area contributed by atoms with Crippen molar-refractivity contribution in [3.8, 4) is 0 Å². The van der Waals surface area contributed by atoms with E-state index in [9.17, 15) is 28.9 Å². The van der Waals surface area contributed by atoms with Crippen LogP contribution in [0.4, 0.5) is 0 Å². The first kappa shape index (κ1) is 68.4. The molecule has 0 rings (SSSR count).